The van der Waals surface area contributed by atoms with Crippen LogP contribution in [-0.4, -0.2) is 18.0 Å². The molecule has 1 unspecified atom stereocenters. The summed E-state index contributed by atoms with van der Waals surface area (Å²) in [6, 6.07) is 6.88. The van der Waals surface area contributed by atoms with Crippen molar-refractivity contribution in [3.8, 4) is 0 Å². The maximum Gasteiger partial charge on any atom is 0.123 e. The lowest BCUT2D eigenvalue weighted by atomic mass is 10.0. The summed E-state index contributed by atoms with van der Waals surface area (Å²) < 4.78 is 13.0. The van der Waals surface area contributed by atoms with Crippen LogP contribution < -0.4 is 0 Å². The van der Waals surface area contributed by atoms with Gasteiger partial charge in [-0.25, -0.2) is 4.39 Å². The average molecular weight is 206 g/mol. The van der Waals surface area contributed by atoms with Gasteiger partial charge in [0.15, 0.2) is 0 Å². The molecular weight excluding hydrogens is 189 g/mol. The van der Waals surface area contributed by atoms with Gasteiger partial charge in [-0.2, -0.15) is 0 Å². The van der Waals surface area contributed by atoms with Crippen LogP contribution in [0.5, 0.6) is 0 Å². The van der Waals surface area contributed by atoms with Gasteiger partial charge in [0.2, 0.25) is 0 Å². The SMILES string of the molecule is [CH2]C(c1cccc(F)c1)N1CCCCC1. The molecule has 0 N–H and O–H groups in total. The van der Waals surface area contributed by atoms with Crippen LogP contribution in [-0.2, 0) is 0 Å². The average Bonchev–Trinajstić information content (AvgIpc) is 2.29. The Balaban J connectivity index is 2.08. The lowest BCUT2D eigenvalue weighted by Crippen LogP contribution is -2.32. The highest BCUT2D eigenvalue weighted by Crippen LogP contribution is 2.23. The molecule has 0 spiro atoms. The molecule has 1 nitrogen and oxygen atoms in total. The zero-order chi connectivity index (χ0) is 10.7. The molecule has 1 aliphatic heterocycles. The lowest BCUT2D eigenvalue weighted by molar-refractivity contribution is 0.190. The molecule has 1 aromatic carbocycles. The van der Waals surface area contributed by atoms with Gasteiger partial charge in [0, 0.05) is 6.04 Å². The maximum absolute atomic E-state index is 13.0. The Morgan fingerprint density at radius 3 is 2.60 bits per heavy atom. The van der Waals surface area contributed by atoms with Crippen molar-refractivity contribution in [1.29, 1.82) is 0 Å². The molecular formula is C13H17FN. The molecule has 15 heavy (non-hydrogen) atoms. The maximum atomic E-state index is 13.0. The second-order valence-electron chi connectivity index (χ2n) is 4.17. The van der Waals surface area contributed by atoms with E-state index in [0.29, 0.717) is 0 Å². The van der Waals surface area contributed by atoms with E-state index in [9.17, 15) is 4.39 Å². The third-order valence-corrected chi connectivity index (χ3v) is 3.06. The zero-order valence-electron chi connectivity index (χ0n) is 8.95. The fourth-order valence-corrected chi connectivity index (χ4v) is 2.15. The molecule has 1 heterocycles. The van der Waals surface area contributed by atoms with Gasteiger partial charge in [-0.15, -0.1) is 0 Å². The van der Waals surface area contributed by atoms with Crippen LogP contribution in [0.4, 0.5) is 4.39 Å². The van der Waals surface area contributed by atoms with Crippen molar-refractivity contribution in [3.63, 3.8) is 0 Å². The highest BCUT2D eigenvalue weighted by molar-refractivity contribution is 5.21. The van der Waals surface area contributed by atoms with Crippen molar-refractivity contribution >= 4 is 0 Å². The highest BCUT2D eigenvalue weighted by atomic mass is 19.1. The molecule has 1 fully saturated rings. The number of hydrogen-bond donors (Lipinski definition) is 0. The van der Waals surface area contributed by atoms with Crippen molar-refractivity contribution in [2.24, 2.45) is 0 Å². The van der Waals surface area contributed by atoms with E-state index in [4.69, 9.17) is 0 Å². The molecule has 2 heteroatoms. The van der Waals surface area contributed by atoms with Crippen molar-refractivity contribution in [1.82, 2.24) is 4.90 Å². The van der Waals surface area contributed by atoms with Gasteiger partial charge in [0.25, 0.3) is 0 Å². The van der Waals surface area contributed by atoms with Crippen LogP contribution in [0.1, 0.15) is 30.9 Å². The minimum Gasteiger partial charge on any atom is -0.296 e. The van der Waals surface area contributed by atoms with E-state index in [2.05, 4.69) is 11.8 Å². The minimum atomic E-state index is -0.168. The Morgan fingerprint density at radius 2 is 1.93 bits per heavy atom. The number of likely N-dealkylation sites (tertiary alicyclic amines) is 1. The minimum absolute atomic E-state index is 0.0981. The molecule has 1 aromatic rings. The topological polar surface area (TPSA) is 3.24 Å². The number of hydrogen-bond acceptors (Lipinski definition) is 1. The van der Waals surface area contributed by atoms with Crippen LogP contribution in [0.15, 0.2) is 24.3 Å². The van der Waals surface area contributed by atoms with Gasteiger partial charge in [0.05, 0.1) is 0 Å². The molecule has 81 valence electrons. The van der Waals surface area contributed by atoms with Crippen molar-refractivity contribution in [2.75, 3.05) is 13.1 Å². The van der Waals surface area contributed by atoms with Crippen LogP contribution in [0.3, 0.4) is 0 Å². The zero-order valence-corrected chi connectivity index (χ0v) is 8.95. The Labute approximate surface area is 90.9 Å². The molecule has 0 amide bonds. The van der Waals surface area contributed by atoms with Crippen molar-refractivity contribution < 1.29 is 4.39 Å². The summed E-state index contributed by atoms with van der Waals surface area (Å²) in [7, 11) is 0. The first-order chi connectivity index (χ1) is 7.27. The third-order valence-electron chi connectivity index (χ3n) is 3.06. The molecule has 2 rings (SSSR count). The van der Waals surface area contributed by atoms with E-state index >= 15 is 0 Å². The van der Waals surface area contributed by atoms with Gasteiger partial charge < -0.3 is 0 Å². The summed E-state index contributed by atoms with van der Waals surface area (Å²) in [6.45, 7) is 6.31. The Hall–Kier alpha value is -0.890. The molecule has 0 aliphatic carbocycles. The molecule has 0 saturated carbocycles. The van der Waals surface area contributed by atoms with E-state index in [0.717, 1.165) is 18.7 Å². The fraction of sp³-hybridized carbons (Fsp3) is 0.462. The normalized spacial score (nSPS) is 20.1. The van der Waals surface area contributed by atoms with E-state index in [1.165, 1.54) is 25.3 Å². The first kappa shape index (κ1) is 10.6. The quantitative estimate of drug-likeness (QED) is 0.718. The van der Waals surface area contributed by atoms with Gasteiger partial charge in [-0.1, -0.05) is 18.6 Å². The first-order valence-corrected chi connectivity index (χ1v) is 5.60. The lowest BCUT2D eigenvalue weighted by Gasteiger charge is -2.32. The second kappa shape index (κ2) is 4.75. The van der Waals surface area contributed by atoms with Gasteiger partial charge in [0.1, 0.15) is 5.82 Å². The van der Waals surface area contributed by atoms with Gasteiger partial charge in [-0.3, -0.25) is 4.90 Å². The second-order valence-corrected chi connectivity index (χ2v) is 4.17. The number of rotatable bonds is 2. The van der Waals surface area contributed by atoms with E-state index in [1.54, 1.807) is 12.1 Å². The molecule has 1 aliphatic rings. The number of piperidine rings is 1. The van der Waals surface area contributed by atoms with Crippen LogP contribution in [0.25, 0.3) is 0 Å². The summed E-state index contributed by atoms with van der Waals surface area (Å²) >= 11 is 0. The van der Waals surface area contributed by atoms with Gasteiger partial charge in [-0.05, 0) is 50.6 Å². The summed E-state index contributed by atoms with van der Waals surface area (Å²) in [5.74, 6) is -0.168. The third kappa shape index (κ3) is 2.57. The van der Waals surface area contributed by atoms with E-state index in [-0.39, 0.29) is 11.9 Å². The predicted octanol–water partition coefficient (Wildman–Crippen LogP) is 3.19. The van der Waals surface area contributed by atoms with E-state index < -0.39 is 0 Å². The molecule has 0 aromatic heterocycles. The number of benzene rings is 1. The summed E-state index contributed by atoms with van der Waals surface area (Å²) in [6.07, 6.45) is 3.79. The Bertz CT molecular complexity index is 318. The van der Waals surface area contributed by atoms with Crippen LogP contribution in [0, 0.1) is 12.7 Å². The fourth-order valence-electron chi connectivity index (χ4n) is 2.15. The highest BCUT2D eigenvalue weighted by Gasteiger charge is 2.18. The Kier molecular flexibility index (Phi) is 3.37. The molecule has 1 saturated heterocycles. The van der Waals surface area contributed by atoms with Crippen molar-refractivity contribution in [2.45, 2.75) is 25.3 Å². The predicted molar refractivity (Wildman–Crippen MR) is 59.9 cm³/mol. The monoisotopic (exact) mass is 206 g/mol. The molecule has 1 atom stereocenters. The van der Waals surface area contributed by atoms with Gasteiger partial charge >= 0.3 is 0 Å². The standard InChI is InChI=1S/C13H17FN/c1-11(15-8-3-2-4-9-15)12-6-5-7-13(14)10-12/h5-7,10-11H,1-4,8-9H2. The van der Waals surface area contributed by atoms with Crippen LogP contribution in [0.2, 0.25) is 0 Å². The number of halogens is 1. The van der Waals surface area contributed by atoms with Crippen LogP contribution >= 0.6 is 0 Å². The summed E-state index contributed by atoms with van der Waals surface area (Å²) in [5, 5.41) is 0. The summed E-state index contributed by atoms with van der Waals surface area (Å²) in [5.41, 5.74) is 0.983. The summed E-state index contributed by atoms with van der Waals surface area (Å²) in [4.78, 5) is 2.33. The largest absolute Gasteiger partial charge is 0.296 e. The van der Waals surface area contributed by atoms with Crippen molar-refractivity contribution in [3.05, 3.63) is 42.6 Å². The number of nitrogens with zero attached hydrogens (tertiary/aromatic N) is 1. The molecule has 0 bridgehead atoms. The first-order valence-electron chi connectivity index (χ1n) is 5.60. The van der Waals surface area contributed by atoms with E-state index in [1.807, 2.05) is 6.07 Å². The molecule has 1 radical (unpaired) electrons. The Morgan fingerprint density at radius 1 is 1.20 bits per heavy atom. The smallest absolute Gasteiger partial charge is 0.123 e.